The first-order valence-electron chi connectivity index (χ1n) is 7.35. The summed E-state index contributed by atoms with van der Waals surface area (Å²) in [5, 5.41) is 14.3. The SMILES string of the molecule is Cn1c(SCc2cccc3ccccc23)nnc1-c1cccs1. The molecule has 0 aliphatic rings. The van der Waals surface area contributed by atoms with Gasteiger partial charge in [-0.25, -0.2) is 0 Å². The highest BCUT2D eigenvalue weighted by molar-refractivity contribution is 7.98. The van der Waals surface area contributed by atoms with Crippen molar-refractivity contribution in [3.05, 3.63) is 65.5 Å². The number of fused-ring (bicyclic) bond motifs is 1. The van der Waals surface area contributed by atoms with Gasteiger partial charge in [-0.2, -0.15) is 0 Å². The normalized spacial score (nSPS) is 11.2. The minimum atomic E-state index is 0.887. The van der Waals surface area contributed by atoms with Gasteiger partial charge in [0.2, 0.25) is 0 Å². The van der Waals surface area contributed by atoms with Gasteiger partial charge in [-0.3, -0.25) is 0 Å². The van der Waals surface area contributed by atoms with Crippen LogP contribution in [0.15, 0.2) is 65.1 Å². The van der Waals surface area contributed by atoms with Gasteiger partial charge in [0.1, 0.15) is 0 Å². The molecule has 0 aliphatic heterocycles. The van der Waals surface area contributed by atoms with Crippen molar-refractivity contribution in [2.45, 2.75) is 10.9 Å². The number of aromatic nitrogens is 3. The number of hydrogen-bond donors (Lipinski definition) is 0. The molecule has 5 heteroatoms. The molecule has 0 N–H and O–H groups in total. The maximum Gasteiger partial charge on any atom is 0.191 e. The predicted molar refractivity (Wildman–Crippen MR) is 97.8 cm³/mol. The van der Waals surface area contributed by atoms with Crippen molar-refractivity contribution in [1.82, 2.24) is 14.8 Å². The Kier molecular flexibility index (Phi) is 3.89. The second kappa shape index (κ2) is 6.18. The highest BCUT2D eigenvalue weighted by atomic mass is 32.2. The molecule has 0 amide bonds. The molecule has 0 saturated heterocycles. The maximum atomic E-state index is 4.35. The van der Waals surface area contributed by atoms with Gasteiger partial charge < -0.3 is 4.57 Å². The Morgan fingerprint density at radius 3 is 2.74 bits per heavy atom. The molecule has 2 heterocycles. The fourth-order valence-corrected chi connectivity index (χ4v) is 4.28. The lowest BCUT2D eigenvalue weighted by Gasteiger charge is -2.06. The van der Waals surface area contributed by atoms with Crippen LogP contribution in [0.1, 0.15) is 5.56 Å². The van der Waals surface area contributed by atoms with E-state index in [0.29, 0.717) is 0 Å². The van der Waals surface area contributed by atoms with Crippen LogP contribution in [0, 0.1) is 0 Å². The Balaban J connectivity index is 1.60. The smallest absolute Gasteiger partial charge is 0.191 e. The second-order valence-electron chi connectivity index (χ2n) is 5.27. The van der Waals surface area contributed by atoms with Crippen LogP contribution < -0.4 is 0 Å². The number of hydrogen-bond acceptors (Lipinski definition) is 4. The molecule has 114 valence electrons. The van der Waals surface area contributed by atoms with Gasteiger partial charge in [0.25, 0.3) is 0 Å². The first-order valence-corrected chi connectivity index (χ1v) is 9.22. The van der Waals surface area contributed by atoms with Crippen LogP contribution in [0.3, 0.4) is 0 Å². The molecule has 0 saturated carbocycles. The van der Waals surface area contributed by atoms with E-state index in [2.05, 4.69) is 68.7 Å². The van der Waals surface area contributed by atoms with E-state index < -0.39 is 0 Å². The van der Waals surface area contributed by atoms with E-state index in [1.54, 1.807) is 23.1 Å². The van der Waals surface area contributed by atoms with Crippen LogP contribution in [0.5, 0.6) is 0 Å². The van der Waals surface area contributed by atoms with E-state index in [4.69, 9.17) is 0 Å². The molecule has 3 nitrogen and oxygen atoms in total. The van der Waals surface area contributed by atoms with Gasteiger partial charge in [-0.1, -0.05) is 60.3 Å². The molecule has 0 spiro atoms. The summed E-state index contributed by atoms with van der Waals surface area (Å²) in [6.45, 7) is 0. The first-order chi connectivity index (χ1) is 11.3. The molecule has 0 aliphatic carbocycles. The van der Waals surface area contributed by atoms with Crippen LogP contribution >= 0.6 is 23.1 Å². The van der Waals surface area contributed by atoms with Gasteiger partial charge in [0.15, 0.2) is 11.0 Å². The van der Waals surface area contributed by atoms with E-state index in [1.165, 1.54) is 16.3 Å². The zero-order valence-corrected chi connectivity index (χ0v) is 14.3. The van der Waals surface area contributed by atoms with Gasteiger partial charge in [-0.05, 0) is 27.8 Å². The standard InChI is InChI=1S/C18H15N3S2/c1-21-17(16-10-5-11-22-16)19-20-18(21)23-12-14-8-4-7-13-6-2-3-9-15(13)14/h2-11H,12H2,1H3. The van der Waals surface area contributed by atoms with Gasteiger partial charge in [0, 0.05) is 12.8 Å². The lowest BCUT2D eigenvalue weighted by molar-refractivity contribution is 0.794. The van der Waals surface area contributed by atoms with Crippen LogP contribution in [0.4, 0.5) is 0 Å². The summed E-state index contributed by atoms with van der Waals surface area (Å²) < 4.78 is 2.07. The quantitative estimate of drug-likeness (QED) is 0.492. The maximum absolute atomic E-state index is 4.35. The van der Waals surface area contributed by atoms with E-state index >= 15 is 0 Å². The molecule has 0 atom stereocenters. The zero-order valence-electron chi connectivity index (χ0n) is 12.6. The molecule has 23 heavy (non-hydrogen) atoms. The van der Waals surface area contributed by atoms with Gasteiger partial charge in [-0.15, -0.1) is 21.5 Å². The molecule has 4 rings (SSSR count). The molecular weight excluding hydrogens is 322 g/mol. The minimum absolute atomic E-state index is 0.887. The molecular formula is C18H15N3S2. The highest BCUT2D eigenvalue weighted by Crippen LogP contribution is 2.29. The molecule has 0 fully saturated rings. The van der Waals surface area contributed by atoms with Crippen molar-refractivity contribution in [3.63, 3.8) is 0 Å². The second-order valence-corrected chi connectivity index (χ2v) is 7.16. The Bertz CT molecular complexity index is 937. The molecule has 2 aromatic carbocycles. The summed E-state index contributed by atoms with van der Waals surface area (Å²) in [5.74, 6) is 1.82. The molecule has 0 bridgehead atoms. The monoisotopic (exact) mass is 337 g/mol. The van der Waals surface area contributed by atoms with E-state index in [1.807, 2.05) is 13.1 Å². The average Bonchev–Trinajstić information content (AvgIpc) is 3.23. The van der Waals surface area contributed by atoms with Crippen molar-refractivity contribution in [3.8, 4) is 10.7 Å². The molecule has 2 aromatic heterocycles. The fourth-order valence-electron chi connectivity index (χ4n) is 2.62. The Labute approximate surface area is 143 Å². The molecule has 0 unspecified atom stereocenters. The van der Waals surface area contributed by atoms with Gasteiger partial charge >= 0.3 is 0 Å². The minimum Gasteiger partial charge on any atom is -0.304 e. The van der Waals surface area contributed by atoms with Gasteiger partial charge in [0.05, 0.1) is 4.88 Å². The lowest BCUT2D eigenvalue weighted by atomic mass is 10.1. The Morgan fingerprint density at radius 2 is 1.87 bits per heavy atom. The van der Waals surface area contributed by atoms with Crippen LogP contribution in [-0.4, -0.2) is 14.8 Å². The van der Waals surface area contributed by atoms with Crippen molar-refractivity contribution in [2.24, 2.45) is 7.05 Å². The number of benzene rings is 2. The summed E-state index contributed by atoms with van der Waals surface area (Å²) in [4.78, 5) is 1.15. The van der Waals surface area contributed by atoms with Crippen molar-refractivity contribution in [2.75, 3.05) is 0 Å². The van der Waals surface area contributed by atoms with Crippen LogP contribution in [-0.2, 0) is 12.8 Å². The van der Waals surface area contributed by atoms with Crippen molar-refractivity contribution in [1.29, 1.82) is 0 Å². The van der Waals surface area contributed by atoms with Crippen LogP contribution in [0.25, 0.3) is 21.5 Å². The third-order valence-electron chi connectivity index (χ3n) is 3.81. The van der Waals surface area contributed by atoms with E-state index in [-0.39, 0.29) is 0 Å². The summed E-state index contributed by atoms with van der Waals surface area (Å²) in [6.07, 6.45) is 0. The largest absolute Gasteiger partial charge is 0.304 e. The van der Waals surface area contributed by atoms with E-state index in [0.717, 1.165) is 21.6 Å². The Morgan fingerprint density at radius 1 is 1.00 bits per heavy atom. The third-order valence-corrected chi connectivity index (χ3v) is 5.75. The summed E-state index contributed by atoms with van der Waals surface area (Å²) >= 11 is 3.41. The van der Waals surface area contributed by atoms with Crippen LogP contribution in [0.2, 0.25) is 0 Å². The highest BCUT2D eigenvalue weighted by Gasteiger charge is 2.12. The van der Waals surface area contributed by atoms with Crippen molar-refractivity contribution < 1.29 is 0 Å². The number of nitrogens with zero attached hydrogens (tertiary/aromatic N) is 3. The number of rotatable bonds is 4. The third kappa shape index (κ3) is 2.78. The van der Waals surface area contributed by atoms with Crippen molar-refractivity contribution >= 4 is 33.9 Å². The predicted octanol–water partition coefficient (Wildman–Crippen LogP) is 4.99. The first kappa shape index (κ1) is 14.5. The summed E-state index contributed by atoms with van der Waals surface area (Å²) in [5.41, 5.74) is 1.33. The lowest BCUT2D eigenvalue weighted by Crippen LogP contribution is -1.94. The molecule has 0 radical (unpaired) electrons. The summed E-state index contributed by atoms with van der Waals surface area (Å²) in [7, 11) is 2.03. The average molecular weight is 337 g/mol. The topological polar surface area (TPSA) is 30.7 Å². The van der Waals surface area contributed by atoms with E-state index in [9.17, 15) is 0 Å². The Hall–Kier alpha value is -2.11. The number of thiophene rings is 1. The zero-order chi connectivity index (χ0) is 15.6. The number of thioether (sulfide) groups is 1. The summed E-state index contributed by atoms with van der Waals surface area (Å²) in [6, 6.07) is 19.1. The molecule has 4 aromatic rings. The fraction of sp³-hybridized carbons (Fsp3) is 0.111.